The van der Waals surface area contributed by atoms with Gasteiger partial charge in [0.2, 0.25) is 0 Å². The Hall–Kier alpha value is -2.81. The van der Waals surface area contributed by atoms with Gasteiger partial charge in [-0.3, -0.25) is 4.79 Å². The number of halogens is 2. The molecule has 1 amide bonds. The Bertz CT molecular complexity index is 1120. The summed E-state index contributed by atoms with van der Waals surface area (Å²) in [6.45, 7) is 2.21. The van der Waals surface area contributed by atoms with Crippen molar-refractivity contribution >= 4 is 51.8 Å². The molecule has 31 heavy (non-hydrogen) atoms. The number of rotatable bonds is 8. The molecule has 0 saturated carbocycles. The van der Waals surface area contributed by atoms with Gasteiger partial charge in [0.1, 0.15) is 11.5 Å². The number of aryl methyl sites for hydroxylation is 1. The molecule has 0 atom stereocenters. The minimum Gasteiger partial charge on any atom is -0.493 e. The van der Waals surface area contributed by atoms with Crippen LogP contribution in [0, 0.1) is 0 Å². The largest absolute Gasteiger partial charge is 0.493 e. The van der Waals surface area contributed by atoms with Crippen molar-refractivity contribution in [3.8, 4) is 11.5 Å². The second-order valence-electron chi connectivity index (χ2n) is 6.33. The number of methoxy groups -OCH3 is 1. The first-order chi connectivity index (χ1) is 14.9. The van der Waals surface area contributed by atoms with Gasteiger partial charge in [-0.2, -0.15) is 5.10 Å². The summed E-state index contributed by atoms with van der Waals surface area (Å²) in [4.78, 5) is 16.9. The quantitative estimate of drug-likeness (QED) is 0.352. The minimum absolute atomic E-state index is 0.300. The number of nitrogens with two attached hydrogens (primary N) is 1. The summed E-state index contributed by atoms with van der Waals surface area (Å²) < 4.78 is 11.2. The highest BCUT2D eigenvalue weighted by Gasteiger charge is 2.15. The van der Waals surface area contributed by atoms with Crippen LogP contribution in [0.5, 0.6) is 11.5 Å². The van der Waals surface area contributed by atoms with E-state index >= 15 is 0 Å². The monoisotopic (exact) mass is 478 g/mol. The number of nitrogens with zero attached hydrogens (tertiary/aromatic N) is 2. The van der Waals surface area contributed by atoms with E-state index in [1.807, 2.05) is 13.0 Å². The zero-order chi connectivity index (χ0) is 22.4. The van der Waals surface area contributed by atoms with E-state index < -0.39 is 0 Å². The van der Waals surface area contributed by atoms with Gasteiger partial charge >= 0.3 is 0 Å². The summed E-state index contributed by atoms with van der Waals surface area (Å²) >= 11 is 13.1. The first-order valence-electron chi connectivity index (χ1n) is 9.24. The van der Waals surface area contributed by atoms with E-state index in [1.54, 1.807) is 37.4 Å². The summed E-state index contributed by atoms with van der Waals surface area (Å²) in [7, 11) is 1.55. The molecular weight excluding hydrogens is 459 g/mol. The molecule has 3 rings (SSSR count). The predicted octanol–water partition coefficient (Wildman–Crippen LogP) is 4.95. The minimum atomic E-state index is -0.351. The zero-order valence-corrected chi connectivity index (χ0v) is 19.1. The van der Waals surface area contributed by atoms with Crippen LogP contribution in [0.3, 0.4) is 0 Å². The Balaban J connectivity index is 1.64. The first kappa shape index (κ1) is 22.9. The predicted molar refractivity (Wildman–Crippen MR) is 125 cm³/mol. The Labute approximate surface area is 193 Å². The molecule has 1 heterocycles. The van der Waals surface area contributed by atoms with Crippen molar-refractivity contribution < 1.29 is 14.3 Å². The average molecular weight is 479 g/mol. The summed E-state index contributed by atoms with van der Waals surface area (Å²) in [6, 6.07) is 10.6. The van der Waals surface area contributed by atoms with Gasteiger partial charge in [0.25, 0.3) is 5.91 Å². The van der Waals surface area contributed by atoms with E-state index in [-0.39, 0.29) is 5.91 Å². The number of carbonyl (C=O) groups is 1. The van der Waals surface area contributed by atoms with Crippen LogP contribution in [0.25, 0.3) is 0 Å². The Kier molecular flexibility index (Phi) is 7.73. The fourth-order valence-electron chi connectivity index (χ4n) is 2.68. The number of amides is 1. The smallest absolute Gasteiger partial charge is 0.283 e. The number of ether oxygens (including phenoxy) is 2. The number of hydrogen-bond acceptors (Lipinski definition) is 7. The van der Waals surface area contributed by atoms with Crippen LogP contribution < -0.4 is 20.6 Å². The molecule has 0 aliphatic carbocycles. The summed E-state index contributed by atoms with van der Waals surface area (Å²) in [6.07, 6.45) is 2.13. The number of aromatic nitrogens is 1. The maximum absolute atomic E-state index is 12.3. The number of anilines is 1. The lowest BCUT2D eigenvalue weighted by Crippen LogP contribution is -2.17. The Morgan fingerprint density at radius 1 is 1.23 bits per heavy atom. The highest BCUT2D eigenvalue weighted by Crippen LogP contribution is 2.29. The summed E-state index contributed by atoms with van der Waals surface area (Å²) in [5, 5.41) is 5.32. The van der Waals surface area contributed by atoms with E-state index in [4.69, 9.17) is 38.4 Å². The fourth-order valence-corrected chi connectivity index (χ4v) is 3.81. The molecule has 1 aromatic heterocycles. The lowest BCUT2D eigenvalue weighted by molar-refractivity contribution is 0.0958. The van der Waals surface area contributed by atoms with Crippen LogP contribution in [-0.2, 0) is 13.0 Å². The third-order valence-electron chi connectivity index (χ3n) is 4.20. The molecule has 3 aromatic rings. The molecule has 0 spiro atoms. The van der Waals surface area contributed by atoms with Crippen LogP contribution in [0.15, 0.2) is 41.5 Å². The second-order valence-corrected chi connectivity index (χ2v) is 8.17. The third kappa shape index (κ3) is 5.88. The molecule has 10 heteroatoms. The number of hydrogen-bond donors (Lipinski definition) is 2. The molecule has 0 aliphatic heterocycles. The molecule has 0 fully saturated rings. The molecule has 2 aromatic carbocycles. The molecular formula is C21H20Cl2N4O3S. The van der Waals surface area contributed by atoms with Gasteiger partial charge < -0.3 is 15.2 Å². The van der Waals surface area contributed by atoms with Gasteiger partial charge in [0.05, 0.1) is 29.1 Å². The molecule has 0 unspecified atom stereocenters. The van der Waals surface area contributed by atoms with Crippen LogP contribution in [0.1, 0.15) is 33.4 Å². The van der Waals surface area contributed by atoms with Gasteiger partial charge in [-0.15, -0.1) is 0 Å². The number of thiazole rings is 1. The second kappa shape index (κ2) is 10.5. The maximum atomic E-state index is 12.3. The standard InChI is InChI=1S/C21H20Cl2N4O3S/c1-3-16-19(31-21(24)26-16)20(28)27-25-10-12-5-7-17(18(9-12)29-2)30-11-13-4-6-14(22)15(23)8-13/h4-10H,3,11H2,1-2H3,(H2,24,26)(H,27,28)/b25-10+. The fraction of sp³-hybridized carbons (Fsp3) is 0.190. The normalized spacial score (nSPS) is 11.0. The Morgan fingerprint density at radius 3 is 2.74 bits per heavy atom. The third-order valence-corrected chi connectivity index (χ3v) is 5.87. The van der Waals surface area contributed by atoms with Crippen molar-refractivity contribution in [3.63, 3.8) is 0 Å². The number of nitrogens with one attached hydrogen (secondary N) is 1. The van der Waals surface area contributed by atoms with Crippen molar-refractivity contribution in [3.05, 3.63) is 68.1 Å². The van der Waals surface area contributed by atoms with E-state index in [2.05, 4.69) is 15.5 Å². The van der Waals surface area contributed by atoms with Crippen molar-refractivity contribution in [2.24, 2.45) is 5.10 Å². The van der Waals surface area contributed by atoms with E-state index in [0.29, 0.717) is 50.3 Å². The van der Waals surface area contributed by atoms with Crippen LogP contribution >= 0.6 is 34.5 Å². The van der Waals surface area contributed by atoms with Gasteiger partial charge in [0.15, 0.2) is 16.6 Å². The zero-order valence-electron chi connectivity index (χ0n) is 16.8. The van der Waals surface area contributed by atoms with Crippen LogP contribution in [-0.4, -0.2) is 24.2 Å². The molecule has 0 radical (unpaired) electrons. The topological polar surface area (TPSA) is 98.8 Å². The lowest BCUT2D eigenvalue weighted by Gasteiger charge is -2.11. The molecule has 0 saturated heterocycles. The number of benzene rings is 2. The summed E-state index contributed by atoms with van der Waals surface area (Å²) in [5.74, 6) is 0.733. The van der Waals surface area contributed by atoms with Gasteiger partial charge in [-0.1, -0.05) is 47.5 Å². The van der Waals surface area contributed by atoms with Crippen molar-refractivity contribution in [2.75, 3.05) is 12.8 Å². The molecule has 3 N–H and O–H groups in total. The highest BCUT2D eigenvalue weighted by atomic mass is 35.5. The number of carbonyl (C=O) groups excluding carboxylic acids is 1. The summed E-state index contributed by atoms with van der Waals surface area (Å²) in [5.41, 5.74) is 10.4. The Morgan fingerprint density at radius 2 is 2.03 bits per heavy atom. The van der Waals surface area contributed by atoms with E-state index in [1.165, 1.54) is 6.21 Å². The van der Waals surface area contributed by atoms with Gasteiger partial charge in [-0.05, 0) is 47.9 Å². The molecule has 7 nitrogen and oxygen atoms in total. The van der Waals surface area contributed by atoms with Crippen molar-refractivity contribution in [1.82, 2.24) is 10.4 Å². The SMILES string of the molecule is CCc1nc(N)sc1C(=O)N/N=C/c1ccc(OCc2ccc(Cl)c(Cl)c2)c(OC)c1. The van der Waals surface area contributed by atoms with Gasteiger partial charge in [-0.25, -0.2) is 10.4 Å². The number of nitrogen functional groups attached to an aromatic ring is 1. The van der Waals surface area contributed by atoms with E-state index in [9.17, 15) is 4.79 Å². The van der Waals surface area contributed by atoms with Crippen molar-refractivity contribution in [2.45, 2.75) is 20.0 Å². The van der Waals surface area contributed by atoms with Crippen LogP contribution in [0.4, 0.5) is 5.13 Å². The molecule has 162 valence electrons. The van der Waals surface area contributed by atoms with E-state index in [0.717, 1.165) is 22.5 Å². The number of hydrazone groups is 1. The van der Waals surface area contributed by atoms with Crippen molar-refractivity contribution in [1.29, 1.82) is 0 Å². The lowest BCUT2D eigenvalue weighted by atomic mass is 10.2. The average Bonchev–Trinajstić information content (AvgIpc) is 3.15. The molecule has 0 aliphatic rings. The first-order valence-corrected chi connectivity index (χ1v) is 10.8. The maximum Gasteiger partial charge on any atom is 0.283 e. The molecule has 0 bridgehead atoms. The highest BCUT2D eigenvalue weighted by molar-refractivity contribution is 7.17. The van der Waals surface area contributed by atoms with Crippen LogP contribution in [0.2, 0.25) is 10.0 Å². The van der Waals surface area contributed by atoms with Gasteiger partial charge in [0, 0.05) is 0 Å².